The van der Waals surface area contributed by atoms with Gasteiger partial charge in [0.25, 0.3) is 0 Å². The number of pyridine rings is 4. The van der Waals surface area contributed by atoms with E-state index >= 15 is 0 Å². The molecule has 12 aromatic rings. The van der Waals surface area contributed by atoms with Crippen molar-refractivity contribution in [3.05, 3.63) is 208 Å². The summed E-state index contributed by atoms with van der Waals surface area (Å²) in [5.74, 6) is 6.09. The molecule has 0 amide bonds. The lowest BCUT2D eigenvalue weighted by atomic mass is 9.93. The number of hydrogen-bond donors (Lipinski definition) is 10. The Hall–Kier alpha value is -9.48. The molecule has 0 aromatic carbocycles. The summed E-state index contributed by atoms with van der Waals surface area (Å²) in [7, 11) is 0. The van der Waals surface area contributed by atoms with Gasteiger partial charge in [-0.15, -0.1) is 0 Å². The van der Waals surface area contributed by atoms with Crippen molar-refractivity contribution in [1.29, 1.82) is 0 Å². The molecule has 14 rings (SSSR count). The zero-order valence-electron chi connectivity index (χ0n) is 54.0. The molecule has 0 saturated heterocycles. The molecular formula is C65H74Br4N24O6. The van der Waals surface area contributed by atoms with E-state index in [1.165, 1.54) is 69.3 Å². The summed E-state index contributed by atoms with van der Waals surface area (Å²) in [4.78, 5) is 18.4. The van der Waals surface area contributed by atoms with Gasteiger partial charge in [-0.25, -0.2) is 19.9 Å². The number of fused-ring (bicyclic) bond motifs is 4. The van der Waals surface area contributed by atoms with Crippen molar-refractivity contribution >= 4 is 133 Å². The monoisotopic (exact) mass is 1600 g/mol. The van der Waals surface area contributed by atoms with Gasteiger partial charge < -0.3 is 73.6 Å². The fourth-order valence-electron chi connectivity index (χ4n) is 10.5. The fourth-order valence-corrected chi connectivity index (χ4v) is 11.9. The summed E-state index contributed by atoms with van der Waals surface area (Å²) >= 11 is 13.9. The molecular weight excluding hydrogens is 1530 g/mol. The molecule has 10 N–H and O–H groups in total. The highest BCUT2D eigenvalue weighted by atomic mass is 79.9. The van der Waals surface area contributed by atoms with Gasteiger partial charge in [-0.1, -0.05) is 26.7 Å². The first-order chi connectivity index (χ1) is 48.1. The molecule has 12 aromatic heterocycles. The van der Waals surface area contributed by atoms with E-state index < -0.39 is 0 Å². The second-order valence-corrected chi connectivity index (χ2v) is 27.0. The molecule has 2 fully saturated rings. The van der Waals surface area contributed by atoms with Gasteiger partial charge in [0.2, 0.25) is 0 Å². The molecule has 2 aliphatic carbocycles. The number of nitrogens with zero attached hydrogens (tertiary/aromatic N) is 16. The predicted molar refractivity (Wildman–Crippen MR) is 390 cm³/mol. The van der Waals surface area contributed by atoms with Crippen molar-refractivity contribution in [3.8, 4) is 0 Å². The van der Waals surface area contributed by atoms with Crippen molar-refractivity contribution in [1.82, 2.24) is 58.4 Å². The molecule has 2 atom stereocenters. The van der Waals surface area contributed by atoms with Gasteiger partial charge in [-0.3, -0.25) is 0 Å². The maximum atomic E-state index is 11.4. The maximum Gasteiger partial charge on any atom is 0.185 e. The van der Waals surface area contributed by atoms with E-state index in [4.69, 9.17) is 0 Å². The van der Waals surface area contributed by atoms with E-state index in [0.717, 1.165) is 131 Å². The number of rotatable bonds is 26. The van der Waals surface area contributed by atoms with Crippen LogP contribution in [0, 0.1) is 20.8 Å². The third kappa shape index (κ3) is 19.3. The summed E-state index contributed by atoms with van der Waals surface area (Å²) in [6.07, 6.45) is 28.4. The largest absolute Gasteiger partial charge is 0.619 e. The molecule has 518 valence electrons. The van der Waals surface area contributed by atoms with E-state index in [0.29, 0.717) is 61.2 Å². The first kappa shape index (κ1) is 70.8. The molecule has 0 aliphatic heterocycles. The molecule has 2 aliphatic rings. The van der Waals surface area contributed by atoms with Gasteiger partial charge in [0.05, 0.1) is 68.0 Å². The summed E-state index contributed by atoms with van der Waals surface area (Å²) in [6, 6.07) is 23.0. The van der Waals surface area contributed by atoms with Crippen molar-refractivity contribution in [2.24, 2.45) is 0 Å². The SMILES string of the molecule is CCC[C@@H](CO)Nc1cc(NCc2ccc[n+]([O-])c2)n2ncc(Br)c2n1.CCC[C@H](CO)Nc1cc(NCc2ccc[n+]([O-])c2)n2ncc(Br)c2n1.[O-][n+]1cccc(CNc2cc(NC3CC3)nc3c(Br)cnn23)c1.[O-][n+]1cccc(CNc2cc(NC3CCC3)nc3c(Br)cnn23)c1. The van der Waals surface area contributed by atoms with Crippen molar-refractivity contribution in [2.45, 2.75) is 122 Å². The number of aliphatic hydroxyl groups excluding tert-OH is 2. The van der Waals surface area contributed by atoms with Crippen molar-refractivity contribution < 1.29 is 29.1 Å². The number of hydrogen-bond acceptors (Lipinski definition) is 22. The maximum absolute atomic E-state index is 11.4. The van der Waals surface area contributed by atoms with Crippen LogP contribution in [0.25, 0.3) is 22.6 Å². The van der Waals surface area contributed by atoms with Crippen LogP contribution in [0.15, 0.2) is 165 Å². The van der Waals surface area contributed by atoms with E-state index in [-0.39, 0.29) is 25.3 Å². The predicted octanol–water partition coefficient (Wildman–Crippen LogP) is 9.63. The van der Waals surface area contributed by atoms with Crippen LogP contribution < -0.4 is 61.5 Å². The van der Waals surface area contributed by atoms with Gasteiger partial charge in [-0.2, -0.15) is 57.4 Å². The molecule has 99 heavy (non-hydrogen) atoms. The van der Waals surface area contributed by atoms with Gasteiger partial charge in [0, 0.05) is 109 Å². The Morgan fingerprint density at radius 3 is 0.980 bits per heavy atom. The summed E-state index contributed by atoms with van der Waals surface area (Å²) in [5, 5.41) is 109. The Kier molecular flexibility index (Phi) is 24.2. The van der Waals surface area contributed by atoms with Gasteiger partial charge >= 0.3 is 0 Å². The second kappa shape index (κ2) is 33.9. The molecule has 0 spiro atoms. The number of halogens is 4. The molecule has 34 heteroatoms. The number of aliphatic hydroxyl groups is 2. The molecule has 12 heterocycles. The van der Waals surface area contributed by atoms with E-state index in [9.17, 15) is 31.0 Å². The van der Waals surface area contributed by atoms with Gasteiger partial charge in [0.15, 0.2) is 72.2 Å². The highest BCUT2D eigenvalue weighted by Crippen LogP contribution is 2.31. The Morgan fingerprint density at radius 1 is 0.444 bits per heavy atom. The zero-order valence-corrected chi connectivity index (χ0v) is 60.3. The lowest BCUT2D eigenvalue weighted by Gasteiger charge is -2.27. The summed E-state index contributed by atoms with van der Waals surface area (Å²) in [5.41, 5.74) is 6.35. The van der Waals surface area contributed by atoms with E-state index in [1.807, 2.05) is 48.5 Å². The fraction of sp³-hybridized carbons (Fsp3) is 0.323. The molecule has 0 unspecified atom stereocenters. The van der Waals surface area contributed by atoms with Crippen molar-refractivity contribution in [3.63, 3.8) is 0 Å². The Labute approximate surface area is 602 Å². The Bertz CT molecular complexity index is 4520. The lowest BCUT2D eigenvalue weighted by molar-refractivity contribution is -0.606. The first-order valence-corrected chi connectivity index (χ1v) is 35.4. The second-order valence-electron chi connectivity index (χ2n) is 23.5. The van der Waals surface area contributed by atoms with Crippen molar-refractivity contribution in [2.75, 3.05) is 55.7 Å². The minimum atomic E-state index is -0.0574. The normalized spacial score (nSPS) is 13.3. The quantitative estimate of drug-likeness (QED) is 0.0178. The van der Waals surface area contributed by atoms with Crippen LogP contribution in [0.4, 0.5) is 46.5 Å². The van der Waals surface area contributed by atoms with Gasteiger partial charge in [-0.05, 0) is 133 Å². The highest BCUT2D eigenvalue weighted by Gasteiger charge is 2.24. The molecule has 30 nitrogen and oxygen atoms in total. The third-order valence-electron chi connectivity index (χ3n) is 15.8. The zero-order chi connectivity index (χ0) is 69.4. The smallest absolute Gasteiger partial charge is 0.185 e. The van der Waals surface area contributed by atoms with Crippen LogP contribution in [0.3, 0.4) is 0 Å². The third-order valence-corrected chi connectivity index (χ3v) is 18.0. The average Bonchev–Trinajstić information content (AvgIpc) is 1.73. The van der Waals surface area contributed by atoms with E-state index in [1.54, 1.807) is 79.5 Å². The standard InChI is InChI=1S/2C17H21BrN6O2.C16H17BrN6O.C15H15BrN6O/c2*1-2-4-13(11-25)21-15-7-16(24-17(22-15)14(18)9-20-24)19-8-12-5-3-6-23(26)10-12;17-13-9-19-23-15(18-8-11-3-2-6-22(24)10-11)7-14(21-16(13)23)20-12-4-1-5-12;16-12-8-18-22-14(17-7-10-2-1-5-21(23)9-10)6-13(20-15(12)22)19-11-3-4-11/h2*3,5-7,9-10,13,19,25H,2,4,8,11H2,1H3,(H,21,22);2-3,6-7,9-10,12,18H,1,4-5,8H2,(H,20,21);1-2,5-6,8-9,11,17H,3-4,7H2,(H,19,20)/t2*13-;;/m10../s1. The van der Waals surface area contributed by atoms with E-state index in [2.05, 4.69) is 160 Å². The minimum absolute atomic E-state index is 0.0391. The van der Waals surface area contributed by atoms with Crippen LogP contribution in [-0.4, -0.2) is 106 Å². The Balaban J connectivity index is 0.000000133. The average molecular weight is 1610 g/mol. The first-order valence-electron chi connectivity index (χ1n) is 32.2. The molecule has 0 radical (unpaired) electrons. The summed E-state index contributed by atoms with van der Waals surface area (Å²) in [6.45, 7) is 6.22. The van der Waals surface area contributed by atoms with Crippen LogP contribution in [-0.2, 0) is 26.2 Å². The Morgan fingerprint density at radius 2 is 0.727 bits per heavy atom. The molecule has 0 bridgehead atoms. The molecule has 2 saturated carbocycles. The van der Waals surface area contributed by atoms with Crippen LogP contribution in [0.1, 0.15) is 93.9 Å². The lowest BCUT2D eigenvalue weighted by Crippen LogP contribution is -2.27. The van der Waals surface area contributed by atoms with Gasteiger partial charge in [0.1, 0.15) is 46.5 Å². The number of nitrogens with one attached hydrogen (secondary N) is 8. The van der Waals surface area contributed by atoms with Crippen LogP contribution in [0.5, 0.6) is 0 Å². The number of anilines is 8. The number of aromatic nitrogens is 16. The topological polar surface area (TPSA) is 365 Å². The highest BCUT2D eigenvalue weighted by molar-refractivity contribution is 9.11. The summed E-state index contributed by atoms with van der Waals surface area (Å²) < 4.78 is 13.3. The van der Waals surface area contributed by atoms with Crippen LogP contribution in [0.2, 0.25) is 0 Å². The van der Waals surface area contributed by atoms with Crippen LogP contribution >= 0.6 is 63.7 Å². The minimum Gasteiger partial charge on any atom is -0.619 e.